The Morgan fingerprint density at radius 3 is 1.13 bits per heavy atom. The lowest BCUT2D eigenvalue weighted by Gasteiger charge is -2.22. The standard InChI is InChI=1S/C46H48N6O2/c1-7-11-15-33-31(19-29(25-47)26-48)21-39-43(35(33)17-13-9-3)51(5)41-23-38-42(24-37(41)45(39)53)52(6)44-36(18-14-10-4)34(16-12-8-2)32(20-30(27-49)28-50)22-40(44)46(38)54/h19-24H,7-18H2,1-6H3. The summed E-state index contributed by atoms with van der Waals surface area (Å²) in [5.74, 6) is 0. The molecule has 5 rings (SSSR count). The molecule has 8 heteroatoms. The van der Waals surface area contributed by atoms with Gasteiger partial charge in [0.2, 0.25) is 0 Å². The van der Waals surface area contributed by atoms with Crippen LogP contribution in [0, 0.1) is 45.3 Å². The smallest absolute Gasteiger partial charge is 0.197 e. The van der Waals surface area contributed by atoms with Gasteiger partial charge >= 0.3 is 0 Å². The Hall–Kier alpha value is -5.96. The van der Waals surface area contributed by atoms with Crippen LogP contribution < -0.4 is 10.9 Å². The topological polar surface area (TPSA) is 139 Å². The van der Waals surface area contributed by atoms with Crippen LogP contribution in [0.15, 0.2) is 45.0 Å². The van der Waals surface area contributed by atoms with Crippen molar-refractivity contribution in [1.29, 1.82) is 21.0 Å². The third kappa shape index (κ3) is 7.18. The van der Waals surface area contributed by atoms with Gasteiger partial charge in [0.25, 0.3) is 0 Å². The zero-order valence-corrected chi connectivity index (χ0v) is 32.4. The molecular formula is C46H48N6O2. The van der Waals surface area contributed by atoms with E-state index < -0.39 is 0 Å². The first kappa shape index (κ1) is 39.3. The van der Waals surface area contributed by atoms with Crippen LogP contribution in [-0.2, 0) is 39.8 Å². The molecule has 0 saturated heterocycles. The van der Waals surface area contributed by atoms with Gasteiger partial charge in [0.05, 0.1) is 22.1 Å². The van der Waals surface area contributed by atoms with Gasteiger partial charge in [0, 0.05) is 35.6 Å². The molecule has 0 amide bonds. The highest BCUT2D eigenvalue weighted by Gasteiger charge is 2.23. The number of unbranched alkanes of at least 4 members (excludes halogenated alkanes) is 4. The maximum absolute atomic E-state index is 14.7. The van der Waals surface area contributed by atoms with Gasteiger partial charge in [-0.2, -0.15) is 21.0 Å². The number of aromatic nitrogens is 2. The average molecular weight is 717 g/mol. The van der Waals surface area contributed by atoms with E-state index in [9.17, 15) is 30.6 Å². The van der Waals surface area contributed by atoms with E-state index in [-0.39, 0.29) is 22.0 Å². The fourth-order valence-corrected chi connectivity index (χ4v) is 8.01. The van der Waals surface area contributed by atoms with Crippen LogP contribution in [-0.4, -0.2) is 9.13 Å². The zero-order chi connectivity index (χ0) is 39.1. The maximum atomic E-state index is 14.7. The molecule has 54 heavy (non-hydrogen) atoms. The first-order valence-electron chi connectivity index (χ1n) is 19.3. The number of hydrogen-bond donors (Lipinski definition) is 0. The number of benzene rings is 3. The van der Waals surface area contributed by atoms with Crippen molar-refractivity contribution in [2.75, 3.05) is 0 Å². The first-order chi connectivity index (χ1) is 26.1. The Labute approximate surface area is 317 Å². The van der Waals surface area contributed by atoms with Crippen molar-refractivity contribution in [3.05, 3.63) is 89.2 Å². The molecule has 8 nitrogen and oxygen atoms in total. The Morgan fingerprint density at radius 1 is 0.519 bits per heavy atom. The molecule has 2 aromatic heterocycles. The molecule has 0 aliphatic carbocycles. The maximum Gasteiger partial charge on any atom is 0.197 e. The molecule has 0 saturated carbocycles. The molecule has 0 spiro atoms. The Balaban J connectivity index is 2.00. The number of hydrogen-bond acceptors (Lipinski definition) is 6. The van der Waals surface area contributed by atoms with E-state index >= 15 is 0 Å². The van der Waals surface area contributed by atoms with Crippen LogP contribution in [0.2, 0.25) is 0 Å². The van der Waals surface area contributed by atoms with Gasteiger partial charge in [-0.3, -0.25) is 9.59 Å². The summed E-state index contributed by atoms with van der Waals surface area (Å²) in [7, 11) is 3.89. The second-order valence-electron chi connectivity index (χ2n) is 14.3. The van der Waals surface area contributed by atoms with Crippen LogP contribution in [0.25, 0.3) is 55.8 Å². The largest absolute Gasteiger partial charge is 0.343 e. The fourth-order valence-electron chi connectivity index (χ4n) is 8.01. The third-order valence-corrected chi connectivity index (χ3v) is 10.8. The quantitative estimate of drug-likeness (QED) is 0.0828. The van der Waals surface area contributed by atoms with Gasteiger partial charge < -0.3 is 9.13 Å². The SMILES string of the molecule is CCCCc1c(C=C(C#N)C#N)cc2c(=O)c3cc4c(cc3n(C)c2c1CCCC)c(=O)c1cc(C=C(C#N)C#N)c(CCCC)c(CCCC)c1n4C. The van der Waals surface area contributed by atoms with E-state index in [4.69, 9.17) is 0 Å². The summed E-state index contributed by atoms with van der Waals surface area (Å²) in [5.41, 5.74) is 8.23. The fraction of sp³-hybridized carbons (Fsp3) is 0.391. The molecule has 0 radical (unpaired) electrons. The summed E-state index contributed by atoms with van der Waals surface area (Å²) in [6.07, 6.45) is 13.6. The van der Waals surface area contributed by atoms with E-state index in [0.717, 1.165) is 121 Å². The van der Waals surface area contributed by atoms with Crippen LogP contribution in [0.1, 0.15) is 112 Å². The van der Waals surface area contributed by atoms with Crippen molar-refractivity contribution in [1.82, 2.24) is 9.13 Å². The Kier molecular flexibility index (Phi) is 12.5. The van der Waals surface area contributed by atoms with E-state index in [1.165, 1.54) is 0 Å². The molecule has 0 unspecified atom stereocenters. The van der Waals surface area contributed by atoms with Gasteiger partial charge in [0.1, 0.15) is 35.4 Å². The van der Waals surface area contributed by atoms with E-state index in [0.29, 0.717) is 32.6 Å². The predicted molar refractivity (Wildman–Crippen MR) is 220 cm³/mol. The Morgan fingerprint density at radius 2 is 0.833 bits per heavy atom. The number of rotatable bonds is 14. The summed E-state index contributed by atoms with van der Waals surface area (Å²) in [6.45, 7) is 8.51. The second kappa shape index (κ2) is 17.2. The third-order valence-electron chi connectivity index (χ3n) is 10.8. The highest BCUT2D eigenvalue weighted by molar-refractivity contribution is 6.05. The zero-order valence-electron chi connectivity index (χ0n) is 32.4. The first-order valence-corrected chi connectivity index (χ1v) is 19.3. The van der Waals surface area contributed by atoms with Crippen LogP contribution in [0.5, 0.6) is 0 Å². The van der Waals surface area contributed by atoms with Gasteiger partial charge in [-0.1, -0.05) is 53.4 Å². The van der Waals surface area contributed by atoms with Crippen molar-refractivity contribution >= 4 is 55.8 Å². The molecule has 0 atom stereocenters. The highest BCUT2D eigenvalue weighted by atomic mass is 16.1. The minimum atomic E-state index is -0.159. The van der Waals surface area contributed by atoms with Gasteiger partial charge in [0.15, 0.2) is 10.9 Å². The second-order valence-corrected chi connectivity index (χ2v) is 14.3. The molecule has 0 aliphatic rings. The molecule has 0 N–H and O–H groups in total. The van der Waals surface area contributed by atoms with Crippen molar-refractivity contribution in [3.63, 3.8) is 0 Å². The van der Waals surface area contributed by atoms with Crippen LogP contribution >= 0.6 is 0 Å². The minimum absolute atomic E-state index is 0.00803. The molecule has 0 fully saturated rings. The summed E-state index contributed by atoms with van der Waals surface area (Å²) in [5, 5.41) is 40.7. The lowest BCUT2D eigenvalue weighted by atomic mass is 9.88. The van der Waals surface area contributed by atoms with Gasteiger partial charge in [-0.25, -0.2) is 0 Å². The molecule has 274 valence electrons. The summed E-state index contributed by atoms with van der Waals surface area (Å²) in [4.78, 5) is 29.5. The van der Waals surface area contributed by atoms with Crippen molar-refractivity contribution < 1.29 is 0 Å². The number of pyridine rings is 2. The summed E-state index contributed by atoms with van der Waals surface area (Å²) in [6, 6.07) is 15.4. The molecule has 3 aromatic carbocycles. The molecule has 2 heterocycles. The summed E-state index contributed by atoms with van der Waals surface area (Å²) >= 11 is 0. The lowest BCUT2D eigenvalue weighted by molar-refractivity contribution is 0.757. The monoisotopic (exact) mass is 716 g/mol. The molecule has 0 bridgehead atoms. The molecule has 0 aliphatic heterocycles. The predicted octanol–water partition coefficient (Wildman–Crippen LogP) is 9.93. The minimum Gasteiger partial charge on any atom is -0.343 e. The molecular weight excluding hydrogens is 669 g/mol. The van der Waals surface area contributed by atoms with E-state index in [1.807, 2.05) is 71.8 Å². The average Bonchev–Trinajstić information content (AvgIpc) is 3.19. The van der Waals surface area contributed by atoms with Crippen LogP contribution in [0.4, 0.5) is 0 Å². The normalized spacial score (nSPS) is 11.0. The lowest BCUT2D eigenvalue weighted by Crippen LogP contribution is -2.17. The van der Waals surface area contributed by atoms with Crippen molar-refractivity contribution in [2.45, 2.75) is 105 Å². The van der Waals surface area contributed by atoms with E-state index in [2.05, 4.69) is 27.7 Å². The van der Waals surface area contributed by atoms with Crippen LogP contribution in [0.3, 0.4) is 0 Å². The number of nitriles is 4. The number of fused-ring (bicyclic) bond motifs is 4. The van der Waals surface area contributed by atoms with Gasteiger partial charge in [-0.05, 0) is 121 Å². The Bertz CT molecular complexity index is 2440. The number of nitrogens with zero attached hydrogens (tertiary/aromatic N) is 6. The highest BCUT2D eigenvalue weighted by Crippen LogP contribution is 2.35. The van der Waals surface area contributed by atoms with Crippen molar-refractivity contribution in [2.24, 2.45) is 14.1 Å². The van der Waals surface area contributed by atoms with E-state index in [1.54, 1.807) is 12.2 Å². The van der Waals surface area contributed by atoms with Crippen molar-refractivity contribution in [3.8, 4) is 24.3 Å². The molecule has 5 aromatic rings. The number of aryl methyl sites for hydroxylation is 4. The summed E-state index contributed by atoms with van der Waals surface area (Å²) < 4.78 is 4.08. The van der Waals surface area contributed by atoms with Gasteiger partial charge in [-0.15, -0.1) is 0 Å². The number of allylic oxidation sites excluding steroid dienone is 2.